The van der Waals surface area contributed by atoms with E-state index >= 15 is 0 Å². The van der Waals surface area contributed by atoms with Crippen LogP contribution in [0.25, 0.3) is 0 Å². The molecule has 0 radical (unpaired) electrons. The molecule has 0 saturated heterocycles. The molecule has 0 aliphatic heterocycles. The minimum absolute atomic E-state index is 0.0664. The van der Waals surface area contributed by atoms with E-state index in [1.165, 1.54) is 38.5 Å². The normalized spacial score (nSPS) is 11.2. The third-order valence-electron chi connectivity index (χ3n) is 2.93. The van der Waals surface area contributed by atoms with Crippen LogP contribution in [0.3, 0.4) is 0 Å². The lowest BCUT2D eigenvalue weighted by atomic mass is 10.3. The van der Waals surface area contributed by atoms with Gasteiger partial charge in [0.15, 0.2) is 0 Å². The second-order valence-electron chi connectivity index (χ2n) is 4.77. The summed E-state index contributed by atoms with van der Waals surface area (Å²) in [6.07, 6.45) is 0. The largest absolute Gasteiger partial charge is 0.495 e. The van der Waals surface area contributed by atoms with Gasteiger partial charge in [-0.25, -0.2) is 0 Å². The van der Waals surface area contributed by atoms with Gasteiger partial charge in [-0.05, 0) is 36.4 Å². The van der Waals surface area contributed by atoms with Crippen molar-refractivity contribution in [1.82, 2.24) is 0 Å². The van der Waals surface area contributed by atoms with Gasteiger partial charge in [0.2, 0.25) is 0 Å². The highest BCUT2D eigenvalue weighted by atomic mass is 32.2. The van der Waals surface area contributed by atoms with E-state index in [1.807, 2.05) is 0 Å². The fourth-order valence-corrected chi connectivity index (χ4v) is 3.17. The number of nitrogen functional groups attached to an aromatic ring is 2. The van der Waals surface area contributed by atoms with Gasteiger partial charge in [0.1, 0.15) is 21.3 Å². The van der Waals surface area contributed by atoms with Gasteiger partial charge in [0, 0.05) is 11.4 Å². The second-order valence-corrected chi connectivity index (χ2v) is 7.55. The Kier molecular flexibility index (Phi) is 6.80. The maximum absolute atomic E-state index is 10.8. The molecule has 0 saturated carbocycles. The lowest BCUT2D eigenvalue weighted by molar-refractivity contribution is 0.397. The molecule has 0 spiro atoms. The van der Waals surface area contributed by atoms with Crippen LogP contribution < -0.4 is 20.9 Å². The molecule has 2 aromatic carbocycles. The van der Waals surface area contributed by atoms with E-state index in [4.69, 9.17) is 30.0 Å². The third-order valence-corrected chi connectivity index (χ3v) is 4.68. The van der Waals surface area contributed by atoms with Crippen molar-refractivity contribution < 1.29 is 35.4 Å². The van der Waals surface area contributed by atoms with E-state index < -0.39 is 20.2 Å². The number of ether oxygens (including phenoxy) is 2. The number of anilines is 2. The van der Waals surface area contributed by atoms with Gasteiger partial charge in [0.25, 0.3) is 20.2 Å². The van der Waals surface area contributed by atoms with Crippen LogP contribution in [-0.4, -0.2) is 40.2 Å². The summed E-state index contributed by atoms with van der Waals surface area (Å²) in [5, 5.41) is 0. The lowest BCUT2D eigenvalue weighted by Gasteiger charge is -2.05. The minimum Gasteiger partial charge on any atom is -0.495 e. The first-order valence-electron chi connectivity index (χ1n) is 6.72. The molecule has 0 amide bonds. The molecule has 10 nitrogen and oxygen atoms in total. The van der Waals surface area contributed by atoms with Crippen LogP contribution in [0.5, 0.6) is 11.5 Å². The van der Waals surface area contributed by atoms with Gasteiger partial charge in [-0.1, -0.05) is 0 Å². The summed E-state index contributed by atoms with van der Waals surface area (Å²) in [5.74, 6) is 0.133. The Labute approximate surface area is 150 Å². The summed E-state index contributed by atoms with van der Waals surface area (Å²) < 4.78 is 70.1. The minimum atomic E-state index is -4.27. The Hall–Kier alpha value is -2.54. The van der Waals surface area contributed by atoms with E-state index in [0.29, 0.717) is 0 Å². The highest BCUT2D eigenvalue weighted by molar-refractivity contribution is 7.86. The number of nitrogens with two attached hydrogens (primary N) is 2. The van der Waals surface area contributed by atoms with Crippen molar-refractivity contribution in [3.63, 3.8) is 0 Å². The Bertz CT molecular complexity index is 907. The van der Waals surface area contributed by atoms with Crippen LogP contribution >= 0.6 is 0 Å². The highest BCUT2D eigenvalue weighted by Crippen LogP contribution is 2.26. The number of hydrogen-bond donors (Lipinski definition) is 4. The van der Waals surface area contributed by atoms with Crippen molar-refractivity contribution >= 4 is 31.6 Å². The molecule has 12 heteroatoms. The quantitative estimate of drug-likeness (QED) is 0.423. The molecule has 2 rings (SSSR count). The number of benzene rings is 2. The van der Waals surface area contributed by atoms with Gasteiger partial charge >= 0.3 is 0 Å². The highest BCUT2D eigenvalue weighted by Gasteiger charge is 2.16. The van der Waals surface area contributed by atoms with E-state index in [2.05, 4.69) is 0 Å². The number of rotatable bonds is 4. The molecule has 0 bridgehead atoms. The van der Waals surface area contributed by atoms with Gasteiger partial charge < -0.3 is 20.9 Å². The smallest absolute Gasteiger partial charge is 0.298 e. The van der Waals surface area contributed by atoms with Gasteiger partial charge in [-0.15, -0.1) is 0 Å². The van der Waals surface area contributed by atoms with Crippen LogP contribution in [-0.2, 0) is 20.2 Å². The van der Waals surface area contributed by atoms with E-state index in [0.717, 1.165) is 12.1 Å². The predicted octanol–water partition coefficient (Wildman–Crippen LogP) is 1.05. The average Bonchev–Trinajstić information content (AvgIpc) is 2.54. The van der Waals surface area contributed by atoms with Gasteiger partial charge in [-0.3, -0.25) is 9.11 Å². The average molecular weight is 406 g/mol. The van der Waals surface area contributed by atoms with Gasteiger partial charge in [-0.2, -0.15) is 16.8 Å². The zero-order valence-corrected chi connectivity index (χ0v) is 15.4. The van der Waals surface area contributed by atoms with Crippen LogP contribution in [0, 0.1) is 0 Å². The first-order chi connectivity index (χ1) is 11.9. The number of hydrogen-bond acceptors (Lipinski definition) is 8. The summed E-state index contributed by atoms with van der Waals surface area (Å²) in [5.41, 5.74) is 11.2. The first kappa shape index (κ1) is 21.5. The van der Waals surface area contributed by atoms with Crippen LogP contribution in [0.15, 0.2) is 46.2 Å². The van der Waals surface area contributed by atoms with Crippen LogP contribution in [0.2, 0.25) is 0 Å². The first-order valence-corrected chi connectivity index (χ1v) is 9.60. The third kappa shape index (κ3) is 5.77. The molecule has 0 aromatic heterocycles. The van der Waals surface area contributed by atoms with E-state index in [-0.39, 0.29) is 32.7 Å². The summed E-state index contributed by atoms with van der Waals surface area (Å²) in [6.45, 7) is 0. The van der Waals surface area contributed by atoms with Crippen LogP contribution in [0.1, 0.15) is 0 Å². The Morgan fingerprint density at radius 3 is 1.27 bits per heavy atom. The molecule has 144 valence electrons. The fraction of sp³-hybridized carbons (Fsp3) is 0.143. The molecular weight excluding hydrogens is 388 g/mol. The topological polar surface area (TPSA) is 179 Å². The summed E-state index contributed by atoms with van der Waals surface area (Å²) in [6, 6.07) is 7.97. The Morgan fingerprint density at radius 1 is 0.731 bits per heavy atom. The monoisotopic (exact) mass is 406 g/mol. The predicted molar refractivity (Wildman–Crippen MR) is 94.4 cm³/mol. The zero-order valence-electron chi connectivity index (χ0n) is 13.8. The molecule has 2 aromatic rings. The molecule has 0 atom stereocenters. The molecular formula is C14H18N2O8S2. The van der Waals surface area contributed by atoms with Crippen molar-refractivity contribution in [2.75, 3.05) is 25.7 Å². The lowest BCUT2D eigenvalue weighted by Crippen LogP contribution is -2.02. The molecule has 0 aliphatic carbocycles. The Morgan fingerprint density at radius 2 is 1.04 bits per heavy atom. The van der Waals surface area contributed by atoms with Crippen LogP contribution in [0.4, 0.5) is 11.4 Å². The fourth-order valence-electron chi connectivity index (χ4n) is 1.79. The van der Waals surface area contributed by atoms with Crippen molar-refractivity contribution in [2.45, 2.75) is 9.79 Å². The van der Waals surface area contributed by atoms with E-state index in [1.54, 1.807) is 0 Å². The molecule has 0 heterocycles. The number of methoxy groups -OCH3 is 2. The second kappa shape index (κ2) is 8.23. The zero-order chi connectivity index (χ0) is 20.1. The van der Waals surface area contributed by atoms with E-state index in [9.17, 15) is 16.8 Å². The van der Waals surface area contributed by atoms with Crippen molar-refractivity contribution in [2.24, 2.45) is 0 Å². The standard InChI is InChI=1S/2C7H9NO4S/c2*1-12-6-3-2-5(8)4-7(6)13(9,10)11/h2*2-4H,8H2,1H3,(H,9,10,11). The molecule has 0 unspecified atom stereocenters. The molecule has 26 heavy (non-hydrogen) atoms. The molecule has 0 fully saturated rings. The van der Waals surface area contributed by atoms with Crippen molar-refractivity contribution in [3.8, 4) is 11.5 Å². The molecule has 6 N–H and O–H groups in total. The molecule has 0 aliphatic rings. The summed E-state index contributed by atoms with van der Waals surface area (Å²) >= 11 is 0. The maximum Gasteiger partial charge on any atom is 0.298 e. The van der Waals surface area contributed by atoms with Crippen molar-refractivity contribution in [3.05, 3.63) is 36.4 Å². The maximum atomic E-state index is 10.8. The van der Waals surface area contributed by atoms with Gasteiger partial charge in [0.05, 0.1) is 14.2 Å². The SMILES string of the molecule is COc1ccc(N)cc1S(=O)(=O)O.COc1ccc(N)cc1S(=O)(=O)O. The summed E-state index contributed by atoms with van der Waals surface area (Å²) in [4.78, 5) is -0.648. The summed E-state index contributed by atoms with van der Waals surface area (Å²) in [7, 11) is -5.93. The van der Waals surface area contributed by atoms with Crippen molar-refractivity contribution in [1.29, 1.82) is 0 Å². The Balaban J connectivity index is 0.000000260.